The van der Waals surface area contributed by atoms with Crippen LogP contribution in [0.5, 0.6) is 0 Å². The fourth-order valence-corrected chi connectivity index (χ4v) is 0.651. The lowest BCUT2D eigenvalue weighted by Gasteiger charge is -1.95. The van der Waals surface area contributed by atoms with E-state index in [-0.39, 0.29) is 5.82 Å². The standard InChI is InChI=1S/C8H5FN3/c9-7-1-3-8(4-2-7)12-6-11-5-10/h1-4H,(H,11,12). The number of anilines is 1. The van der Waals surface area contributed by atoms with Gasteiger partial charge in [0.2, 0.25) is 6.19 Å². The summed E-state index contributed by atoms with van der Waals surface area (Å²) in [6.45, 7) is 0. The first-order valence-corrected chi connectivity index (χ1v) is 3.18. The van der Waals surface area contributed by atoms with Gasteiger partial charge < -0.3 is 5.32 Å². The third-order valence-corrected chi connectivity index (χ3v) is 1.15. The van der Waals surface area contributed by atoms with Crippen molar-refractivity contribution in [3.05, 3.63) is 30.1 Å². The Labute approximate surface area is 69.2 Å². The van der Waals surface area contributed by atoms with Gasteiger partial charge in [-0.2, -0.15) is 10.3 Å². The molecular weight excluding hydrogens is 157 g/mol. The lowest BCUT2D eigenvalue weighted by atomic mass is 10.3. The molecule has 0 unspecified atom stereocenters. The van der Waals surface area contributed by atoms with Crippen molar-refractivity contribution in [1.82, 2.24) is 0 Å². The number of nitriles is 1. The average molecular weight is 162 g/mol. The molecule has 0 aliphatic carbocycles. The highest BCUT2D eigenvalue weighted by molar-refractivity contribution is 5.75. The third-order valence-electron chi connectivity index (χ3n) is 1.15. The molecule has 0 saturated carbocycles. The first-order chi connectivity index (χ1) is 5.83. The molecule has 1 aromatic rings. The van der Waals surface area contributed by atoms with Crippen molar-refractivity contribution < 1.29 is 4.39 Å². The topological polar surface area (TPSA) is 48.2 Å². The Hall–Kier alpha value is -1.89. The van der Waals surface area contributed by atoms with E-state index >= 15 is 0 Å². The van der Waals surface area contributed by atoms with Crippen molar-refractivity contribution in [1.29, 1.82) is 5.26 Å². The zero-order chi connectivity index (χ0) is 8.81. The second kappa shape index (κ2) is 4.09. The normalized spacial score (nSPS) is 9.67. The molecule has 12 heavy (non-hydrogen) atoms. The van der Waals surface area contributed by atoms with Gasteiger partial charge in [0.1, 0.15) is 5.82 Å². The highest BCUT2D eigenvalue weighted by atomic mass is 19.1. The van der Waals surface area contributed by atoms with Crippen molar-refractivity contribution in [2.24, 2.45) is 4.99 Å². The van der Waals surface area contributed by atoms with E-state index in [1.165, 1.54) is 30.5 Å². The minimum absolute atomic E-state index is 0.308. The summed E-state index contributed by atoms with van der Waals surface area (Å²) in [4.78, 5) is 3.14. The molecule has 1 rings (SSSR count). The zero-order valence-corrected chi connectivity index (χ0v) is 6.08. The number of nitrogens with one attached hydrogen (secondary N) is 1. The van der Waals surface area contributed by atoms with E-state index in [9.17, 15) is 4.39 Å². The maximum Gasteiger partial charge on any atom is 0.207 e. The van der Waals surface area contributed by atoms with Gasteiger partial charge in [0.15, 0.2) is 6.34 Å². The SMILES string of the molecule is N#C/N=[C]\Nc1ccc(F)cc1. The Morgan fingerprint density at radius 2 is 2.00 bits per heavy atom. The first-order valence-electron chi connectivity index (χ1n) is 3.18. The van der Waals surface area contributed by atoms with Gasteiger partial charge in [-0.1, -0.05) is 0 Å². The van der Waals surface area contributed by atoms with Crippen LogP contribution in [0.1, 0.15) is 0 Å². The van der Waals surface area contributed by atoms with Gasteiger partial charge in [0.05, 0.1) is 0 Å². The predicted octanol–water partition coefficient (Wildman–Crippen LogP) is 1.62. The van der Waals surface area contributed by atoms with E-state index in [1.807, 2.05) is 0 Å². The van der Waals surface area contributed by atoms with Gasteiger partial charge in [-0.3, -0.25) is 0 Å². The Kier molecular flexibility index (Phi) is 2.79. The van der Waals surface area contributed by atoms with Gasteiger partial charge in [0.25, 0.3) is 0 Å². The van der Waals surface area contributed by atoms with Gasteiger partial charge in [0, 0.05) is 5.69 Å². The lowest BCUT2D eigenvalue weighted by Crippen LogP contribution is -1.93. The highest BCUT2D eigenvalue weighted by Gasteiger charge is 1.89. The number of aliphatic imine (C=N–C) groups is 1. The fourth-order valence-electron chi connectivity index (χ4n) is 0.651. The van der Waals surface area contributed by atoms with E-state index in [4.69, 9.17) is 5.26 Å². The molecule has 0 aliphatic rings. The van der Waals surface area contributed by atoms with Crippen LogP contribution >= 0.6 is 0 Å². The van der Waals surface area contributed by atoms with E-state index in [2.05, 4.69) is 16.6 Å². The molecule has 0 saturated heterocycles. The summed E-state index contributed by atoms with van der Waals surface area (Å²) in [5.74, 6) is -0.308. The van der Waals surface area contributed by atoms with Crippen LogP contribution in [-0.4, -0.2) is 6.34 Å². The number of nitrogens with zero attached hydrogens (tertiary/aromatic N) is 2. The van der Waals surface area contributed by atoms with E-state index in [0.717, 1.165) is 0 Å². The number of benzene rings is 1. The van der Waals surface area contributed by atoms with Gasteiger partial charge in [-0.15, -0.1) is 0 Å². The van der Waals surface area contributed by atoms with Crippen molar-refractivity contribution >= 4 is 12.0 Å². The summed E-state index contributed by atoms with van der Waals surface area (Å²) in [6, 6.07) is 5.65. The van der Waals surface area contributed by atoms with Crippen LogP contribution in [-0.2, 0) is 0 Å². The van der Waals surface area contributed by atoms with E-state index < -0.39 is 0 Å². The summed E-state index contributed by atoms with van der Waals surface area (Å²) in [7, 11) is 0. The van der Waals surface area contributed by atoms with Crippen LogP contribution in [0.25, 0.3) is 0 Å². The van der Waals surface area contributed by atoms with Crippen LogP contribution in [0.3, 0.4) is 0 Å². The van der Waals surface area contributed by atoms with Crippen LogP contribution < -0.4 is 5.32 Å². The number of halogens is 1. The minimum Gasteiger partial charge on any atom is -0.336 e. The Morgan fingerprint density at radius 1 is 1.33 bits per heavy atom. The molecule has 0 bridgehead atoms. The monoisotopic (exact) mass is 162 g/mol. The summed E-state index contributed by atoms with van der Waals surface area (Å²) < 4.78 is 12.4. The van der Waals surface area contributed by atoms with Crippen LogP contribution in [0.15, 0.2) is 29.3 Å². The molecule has 0 aromatic heterocycles. The van der Waals surface area contributed by atoms with Crippen molar-refractivity contribution in [3.8, 4) is 6.19 Å². The molecule has 0 fully saturated rings. The first kappa shape index (κ1) is 8.21. The molecule has 59 valence electrons. The maximum atomic E-state index is 12.4. The lowest BCUT2D eigenvalue weighted by molar-refractivity contribution is 0.628. The third kappa shape index (κ3) is 2.39. The molecule has 1 N–H and O–H groups in total. The number of hydrogen-bond acceptors (Lipinski definition) is 2. The molecular formula is C8H5FN3. The Balaban J connectivity index is 2.60. The summed E-state index contributed by atoms with van der Waals surface area (Å²) in [6.07, 6.45) is 3.79. The summed E-state index contributed by atoms with van der Waals surface area (Å²) >= 11 is 0. The Bertz CT molecular complexity index is 310. The smallest absolute Gasteiger partial charge is 0.207 e. The molecule has 0 aliphatic heterocycles. The second-order valence-corrected chi connectivity index (χ2v) is 1.96. The quantitative estimate of drug-likeness (QED) is 0.311. The van der Waals surface area contributed by atoms with Crippen molar-refractivity contribution in [3.63, 3.8) is 0 Å². The minimum atomic E-state index is -0.308. The molecule has 0 heterocycles. The van der Waals surface area contributed by atoms with Crippen LogP contribution in [0.4, 0.5) is 10.1 Å². The molecule has 1 aromatic carbocycles. The molecule has 3 nitrogen and oxygen atoms in total. The maximum absolute atomic E-state index is 12.4. The second-order valence-electron chi connectivity index (χ2n) is 1.96. The fraction of sp³-hybridized carbons (Fsp3) is 0. The predicted molar refractivity (Wildman–Crippen MR) is 43.1 cm³/mol. The van der Waals surface area contributed by atoms with Gasteiger partial charge >= 0.3 is 0 Å². The average Bonchev–Trinajstić information content (AvgIpc) is 2.09. The Morgan fingerprint density at radius 3 is 2.58 bits per heavy atom. The van der Waals surface area contributed by atoms with E-state index in [1.54, 1.807) is 0 Å². The number of hydrogen-bond donors (Lipinski definition) is 1. The molecule has 1 radical (unpaired) electrons. The number of rotatable bonds is 2. The largest absolute Gasteiger partial charge is 0.336 e. The highest BCUT2D eigenvalue weighted by Crippen LogP contribution is 2.06. The van der Waals surface area contributed by atoms with Crippen molar-refractivity contribution in [2.75, 3.05) is 5.32 Å². The van der Waals surface area contributed by atoms with Crippen molar-refractivity contribution in [2.45, 2.75) is 0 Å². The molecule has 0 spiro atoms. The molecule has 4 heteroatoms. The van der Waals surface area contributed by atoms with Gasteiger partial charge in [-0.05, 0) is 24.3 Å². The molecule has 0 atom stereocenters. The van der Waals surface area contributed by atoms with Crippen LogP contribution in [0.2, 0.25) is 0 Å². The van der Waals surface area contributed by atoms with Crippen LogP contribution in [0, 0.1) is 17.3 Å². The zero-order valence-electron chi connectivity index (χ0n) is 6.08. The van der Waals surface area contributed by atoms with Gasteiger partial charge in [-0.25, -0.2) is 4.39 Å². The molecule has 0 amide bonds. The van der Waals surface area contributed by atoms with E-state index in [0.29, 0.717) is 5.69 Å². The summed E-state index contributed by atoms with van der Waals surface area (Å²) in [5.41, 5.74) is 0.635. The summed E-state index contributed by atoms with van der Waals surface area (Å²) in [5, 5.41) is 10.6.